The molecular formula is C14H18FNO2. The van der Waals surface area contributed by atoms with Crippen LogP contribution in [0.4, 0.5) is 4.39 Å². The van der Waals surface area contributed by atoms with Crippen molar-refractivity contribution in [2.45, 2.75) is 19.4 Å². The fourth-order valence-electron chi connectivity index (χ4n) is 2.20. The smallest absolute Gasteiger partial charge is 0.225 e. The van der Waals surface area contributed by atoms with Gasteiger partial charge in [-0.05, 0) is 30.5 Å². The van der Waals surface area contributed by atoms with Crippen LogP contribution in [0.5, 0.6) is 0 Å². The predicted molar refractivity (Wildman–Crippen MR) is 66.4 cm³/mol. The molecule has 0 aliphatic carbocycles. The Morgan fingerprint density at radius 3 is 2.56 bits per heavy atom. The number of hydrogen-bond acceptors (Lipinski definition) is 2. The summed E-state index contributed by atoms with van der Waals surface area (Å²) in [5.41, 5.74) is 0.944. The third kappa shape index (κ3) is 3.29. The highest BCUT2D eigenvalue weighted by atomic mass is 19.1. The van der Waals surface area contributed by atoms with Crippen LogP contribution in [0.1, 0.15) is 18.4 Å². The molecule has 1 heterocycles. The van der Waals surface area contributed by atoms with Crippen LogP contribution in [0.15, 0.2) is 24.3 Å². The Bertz CT molecular complexity index is 399. The van der Waals surface area contributed by atoms with Gasteiger partial charge < -0.3 is 9.64 Å². The minimum Gasteiger partial charge on any atom is -0.381 e. The number of hydrogen-bond donors (Lipinski definition) is 0. The Kier molecular flexibility index (Phi) is 4.31. The summed E-state index contributed by atoms with van der Waals surface area (Å²) >= 11 is 0. The molecular weight excluding hydrogens is 233 g/mol. The van der Waals surface area contributed by atoms with Crippen LogP contribution in [0.2, 0.25) is 0 Å². The van der Waals surface area contributed by atoms with Crippen molar-refractivity contribution in [1.29, 1.82) is 0 Å². The Balaban J connectivity index is 1.92. The highest BCUT2D eigenvalue weighted by Crippen LogP contribution is 2.18. The molecule has 1 amide bonds. The highest BCUT2D eigenvalue weighted by Gasteiger charge is 2.24. The summed E-state index contributed by atoms with van der Waals surface area (Å²) in [6, 6.07) is 6.26. The maximum Gasteiger partial charge on any atom is 0.225 e. The Hall–Kier alpha value is -1.42. The van der Waals surface area contributed by atoms with Crippen molar-refractivity contribution in [2.75, 3.05) is 20.3 Å². The van der Waals surface area contributed by atoms with Crippen molar-refractivity contribution in [3.8, 4) is 0 Å². The first-order valence-corrected chi connectivity index (χ1v) is 6.24. The molecule has 1 aromatic carbocycles. The van der Waals surface area contributed by atoms with Crippen LogP contribution in [0.25, 0.3) is 0 Å². The molecule has 2 rings (SSSR count). The molecule has 0 atom stereocenters. The molecule has 1 fully saturated rings. The van der Waals surface area contributed by atoms with Crippen LogP contribution in [-0.2, 0) is 16.1 Å². The van der Waals surface area contributed by atoms with E-state index in [1.165, 1.54) is 12.1 Å². The van der Waals surface area contributed by atoms with Crippen LogP contribution in [0, 0.1) is 11.7 Å². The van der Waals surface area contributed by atoms with Gasteiger partial charge in [-0.2, -0.15) is 0 Å². The number of benzene rings is 1. The number of carbonyl (C=O) groups is 1. The molecule has 1 aliphatic heterocycles. The largest absolute Gasteiger partial charge is 0.381 e. The van der Waals surface area contributed by atoms with Gasteiger partial charge in [0.15, 0.2) is 0 Å². The van der Waals surface area contributed by atoms with E-state index in [-0.39, 0.29) is 17.6 Å². The van der Waals surface area contributed by atoms with Crippen molar-refractivity contribution in [2.24, 2.45) is 5.92 Å². The van der Waals surface area contributed by atoms with E-state index in [0.29, 0.717) is 19.8 Å². The lowest BCUT2D eigenvalue weighted by molar-refractivity contribution is -0.137. The van der Waals surface area contributed by atoms with Gasteiger partial charge in [-0.15, -0.1) is 0 Å². The maximum absolute atomic E-state index is 12.8. The number of rotatable bonds is 3. The molecule has 98 valence electrons. The van der Waals surface area contributed by atoms with Gasteiger partial charge >= 0.3 is 0 Å². The van der Waals surface area contributed by atoms with Crippen LogP contribution >= 0.6 is 0 Å². The van der Waals surface area contributed by atoms with Gasteiger partial charge in [0, 0.05) is 32.7 Å². The first kappa shape index (κ1) is 13.0. The van der Waals surface area contributed by atoms with E-state index in [2.05, 4.69) is 0 Å². The average molecular weight is 251 g/mol. The molecule has 3 nitrogen and oxygen atoms in total. The fraction of sp³-hybridized carbons (Fsp3) is 0.500. The summed E-state index contributed by atoms with van der Waals surface area (Å²) in [5, 5.41) is 0. The summed E-state index contributed by atoms with van der Waals surface area (Å²) in [6.45, 7) is 1.86. The van der Waals surface area contributed by atoms with E-state index in [9.17, 15) is 9.18 Å². The second kappa shape index (κ2) is 5.96. The summed E-state index contributed by atoms with van der Waals surface area (Å²) < 4.78 is 18.0. The minimum atomic E-state index is -0.253. The van der Waals surface area contributed by atoms with Crippen molar-refractivity contribution >= 4 is 5.91 Å². The predicted octanol–water partition coefficient (Wildman–Crippen LogP) is 2.21. The Morgan fingerprint density at radius 2 is 1.94 bits per heavy atom. The SMILES string of the molecule is CN(Cc1ccc(F)cc1)C(=O)C1CCOCC1. The zero-order valence-corrected chi connectivity index (χ0v) is 10.6. The lowest BCUT2D eigenvalue weighted by Crippen LogP contribution is -2.35. The van der Waals surface area contributed by atoms with Gasteiger partial charge in [0.05, 0.1) is 0 Å². The third-order valence-corrected chi connectivity index (χ3v) is 3.28. The monoisotopic (exact) mass is 251 g/mol. The number of amides is 1. The number of halogens is 1. The molecule has 0 unspecified atom stereocenters. The highest BCUT2D eigenvalue weighted by molar-refractivity contribution is 5.78. The van der Waals surface area contributed by atoms with E-state index in [4.69, 9.17) is 4.74 Å². The molecule has 1 aromatic rings. The molecule has 0 saturated carbocycles. The van der Waals surface area contributed by atoms with Gasteiger partial charge in [0.1, 0.15) is 5.82 Å². The van der Waals surface area contributed by atoms with Crippen molar-refractivity contribution in [3.63, 3.8) is 0 Å². The summed E-state index contributed by atoms with van der Waals surface area (Å²) in [5.74, 6) is -0.0241. The van der Waals surface area contributed by atoms with Crippen molar-refractivity contribution in [1.82, 2.24) is 4.90 Å². The molecule has 0 bridgehead atoms. The number of carbonyl (C=O) groups excluding carboxylic acids is 1. The molecule has 1 saturated heterocycles. The van der Waals surface area contributed by atoms with Gasteiger partial charge in [-0.25, -0.2) is 4.39 Å². The molecule has 1 aliphatic rings. The number of nitrogens with zero attached hydrogens (tertiary/aromatic N) is 1. The molecule has 4 heteroatoms. The van der Waals surface area contributed by atoms with E-state index >= 15 is 0 Å². The summed E-state index contributed by atoms with van der Waals surface area (Å²) in [4.78, 5) is 13.9. The molecule has 0 radical (unpaired) electrons. The molecule has 0 spiro atoms. The van der Waals surface area contributed by atoms with E-state index in [1.54, 1.807) is 24.1 Å². The standard InChI is InChI=1S/C14H18FNO2/c1-16(10-11-2-4-13(15)5-3-11)14(17)12-6-8-18-9-7-12/h2-5,12H,6-10H2,1H3. The minimum absolute atomic E-state index is 0.0733. The van der Waals surface area contributed by atoms with Crippen molar-refractivity contribution < 1.29 is 13.9 Å². The lowest BCUT2D eigenvalue weighted by atomic mass is 9.98. The van der Waals surface area contributed by atoms with Gasteiger partial charge in [-0.3, -0.25) is 4.79 Å². The lowest BCUT2D eigenvalue weighted by Gasteiger charge is -2.26. The normalized spacial score (nSPS) is 16.6. The number of ether oxygens (including phenoxy) is 1. The second-order valence-corrected chi connectivity index (χ2v) is 4.71. The van der Waals surface area contributed by atoms with Gasteiger partial charge in [-0.1, -0.05) is 12.1 Å². The van der Waals surface area contributed by atoms with E-state index < -0.39 is 0 Å². The zero-order chi connectivity index (χ0) is 13.0. The summed E-state index contributed by atoms with van der Waals surface area (Å²) in [7, 11) is 1.79. The Labute approximate surface area is 107 Å². The molecule has 0 aromatic heterocycles. The summed E-state index contributed by atoms with van der Waals surface area (Å²) in [6.07, 6.45) is 1.60. The van der Waals surface area contributed by atoms with E-state index in [1.807, 2.05) is 0 Å². The Morgan fingerprint density at radius 1 is 1.33 bits per heavy atom. The third-order valence-electron chi connectivity index (χ3n) is 3.28. The van der Waals surface area contributed by atoms with Crippen molar-refractivity contribution in [3.05, 3.63) is 35.6 Å². The molecule has 18 heavy (non-hydrogen) atoms. The van der Waals surface area contributed by atoms with Crippen LogP contribution < -0.4 is 0 Å². The molecule has 0 N–H and O–H groups in total. The van der Waals surface area contributed by atoms with Gasteiger partial charge in [0.25, 0.3) is 0 Å². The quantitative estimate of drug-likeness (QED) is 0.824. The fourth-order valence-corrected chi connectivity index (χ4v) is 2.20. The van der Waals surface area contributed by atoms with Crippen LogP contribution in [-0.4, -0.2) is 31.1 Å². The topological polar surface area (TPSA) is 29.5 Å². The zero-order valence-electron chi connectivity index (χ0n) is 10.6. The van der Waals surface area contributed by atoms with E-state index in [0.717, 1.165) is 18.4 Å². The average Bonchev–Trinajstić information content (AvgIpc) is 2.41. The first-order chi connectivity index (χ1) is 8.66. The van der Waals surface area contributed by atoms with Gasteiger partial charge in [0.2, 0.25) is 5.91 Å². The first-order valence-electron chi connectivity index (χ1n) is 6.24. The van der Waals surface area contributed by atoms with Crippen LogP contribution in [0.3, 0.4) is 0 Å². The second-order valence-electron chi connectivity index (χ2n) is 4.71. The maximum atomic E-state index is 12.8.